The molecule has 1 aliphatic carbocycles. The van der Waals surface area contributed by atoms with Gasteiger partial charge in [-0.2, -0.15) is 0 Å². The SMILES string of the molecule is C[C@H]1COC(C(C)(C)C2=N[C@@H](C(C)(C)C)CO2)=N1.C[C@H]1COC(C2(C3=N[C@@H](C(C)(C)C)CO3)CC2)=N1. The van der Waals surface area contributed by atoms with Gasteiger partial charge in [0.1, 0.15) is 37.3 Å². The normalized spacial score (nSPS) is 31.1. The maximum atomic E-state index is 5.86. The lowest BCUT2D eigenvalue weighted by Gasteiger charge is -2.23. The van der Waals surface area contributed by atoms with Crippen molar-refractivity contribution >= 4 is 23.6 Å². The molecular formula is C28H46N4O4. The minimum atomic E-state index is -0.356. The molecule has 0 N–H and O–H groups in total. The van der Waals surface area contributed by atoms with Crippen LogP contribution >= 0.6 is 0 Å². The third kappa shape index (κ3) is 5.42. The lowest BCUT2D eigenvalue weighted by Crippen LogP contribution is -2.34. The van der Waals surface area contributed by atoms with Crippen LogP contribution in [0, 0.1) is 21.7 Å². The highest BCUT2D eigenvalue weighted by Gasteiger charge is 2.58. The fourth-order valence-electron chi connectivity index (χ4n) is 4.53. The molecule has 4 atom stereocenters. The lowest BCUT2D eigenvalue weighted by molar-refractivity contribution is 0.222. The molecule has 5 aliphatic rings. The van der Waals surface area contributed by atoms with Crippen molar-refractivity contribution < 1.29 is 18.9 Å². The summed E-state index contributed by atoms with van der Waals surface area (Å²) in [7, 11) is 0. The van der Waals surface area contributed by atoms with Gasteiger partial charge in [-0.15, -0.1) is 0 Å². The number of nitrogens with zero attached hydrogens (tertiary/aromatic N) is 4. The zero-order valence-electron chi connectivity index (χ0n) is 24.0. The summed E-state index contributed by atoms with van der Waals surface area (Å²) in [6.45, 7) is 24.2. The van der Waals surface area contributed by atoms with Gasteiger partial charge in [0.15, 0.2) is 23.6 Å². The molecule has 1 fully saturated rings. The minimum Gasteiger partial charge on any atom is -0.478 e. The number of ether oxygens (including phenoxy) is 4. The van der Waals surface area contributed by atoms with Crippen LogP contribution in [0.5, 0.6) is 0 Å². The molecule has 202 valence electrons. The first-order valence-electron chi connectivity index (χ1n) is 13.5. The summed E-state index contributed by atoms with van der Waals surface area (Å²) in [5.41, 5.74) is -0.178. The van der Waals surface area contributed by atoms with Crippen molar-refractivity contribution in [2.45, 2.75) is 106 Å². The molecule has 0 aromatic heterocycles. The van der Waals surface area contributed by atoms with E-state index >= 15 is 0 Å². The predicted molar refractivity (Wildman–Crippen MR) is 144 cm³/mol. The Morgan fingerprint density at radius 2 is 1.03 bits per heavy atom. The molecule has 4 heterocycles. The molecule has 1 saturated carbocycles. The molecule has 5 rings (SSSR count). The smallest absolute Gasteiger partial charge is 0.199 e. The molecule has 0 radical (unpaired) electrons. The van der Waals surface area contributed by atoms with E-state index in [9.17, 15) is 0 Å². The van der Waals surface area contributed by atoms with Crippen LogP contribution in [0.4, 0.5) is 0 Å². The van der Waals surface area contributed by atoms with Gasteiger partial charge in [-0.25, -0.2) is 20.0 Å². The maximum Gasteiger partial charge on any atom is 0.199 e. The van der Waals surface area contributed by atoms with Crippen molar-refractivity contribution in [3.8, 4) is 0 Å². The summed E-state index contributed by atoms with van der Waals surface area (Å²) in [6.07, 6.45) is 2.13. The van der Waals surface area contributed by atoms with Crippen molar-refractivity contribution in [2.24, 2.45) is 41.6 Å². The van der Waals surface area contributed by atoms with Crippen LogP contribution in [0.2, 0.25) is 0 Å². The van der Waals surface area contributed by atoms with Crippen molar-refractivity contribution in [3.63, 3.8) is 0 Å². The first kappa shape index (κ1) is 26.9. The number of hydrogen-bond acceptors (Lipinski definition) is 8. The predicted octanol–water partition coefficient (Wildman–Crippen LogP) is 5.10. The second-order valence-corrected chi connectivity index (χ2v) is 13.6. The summed E-state index contributed by atoms with van der Waals surface area (Å²) in [4.78, 5) is 18.6. The Hall–Kier alpha value is -2.12. The third-order valence-electron chi connectivity index (χ3n) is 7.54. The van der Waals surface area contributed by atoms with Gasteiger partial charge in [0.25, 0.3) is 0 Å². The van der Waals surface area contributed by atoms with E-state index in [1.54, 1.807) is 0 Å². The second-order valence-electron chi connectivity index (χ2n) is 13.6. The molecule has 0 amide bonds. The van der Waals surface area contributed by atoms with Gasteiger partial charge in [-0.1, -0.05) is 41.5 Å². The zero-order chi connectivity index (χ0) is 26.5. The Morgan fingerprint density at radius 1 is 0.583 bits per heavy atom. The number of rotatable bonds is 4. The average molecular weight is 503 g/mol. The van der Waals surface area contributed by atoms with E-state index in [-0.39, 0.29) is 45.8 Å². The van der Waals surface area contributed by atoms with Crippen LogP contribution in [0.1, 0.15) is 82.1 Å². The van der Waals surface area contributed by atoms with E-state index in [2.05, 4.69) is 79.2 Å². The lowest BCUT2D eigenvalue weighted by atomic mass is 9.88. The van der Waals surface area contributed by atoms with Crippen molar-refractivity contribution in [1.82, 2.24) is 0 Å². The highest BCUT2D eigenvalue weighted by atomic mass is 16.5. The second kappa shape index (κ2) is 9.32. The van der Waals surface area contributed by atoms with Crippen LogP contribution in [0.15, 0.2) is 20.0 Å². The fourth-order valence-corrected chi connectivity index (χ4v) is 4.53. The first-order chi connectivity index (χ1) is 16.6. The van der Waals surface area contributed by atoms with E-state index in [0.29, 0.717) is 26.4 Å². The van der Waals surface area contributed by atoms with E-state index in [1.165, 1.54) is 0 Å². The average Bonchev–Trinajstić information content (AvgIpc) is 3.31. The van der Waals surface area contributed by atoms with E-state index in [4.69, 9.17) is 28.9 Å². The summed E-state index contributed by atoms with van der Waals surface area (Å²) >= 11 is 0. The van der Waals surface area contributed by atoms with Crippen LogP contribution in [0.3, 0.4) is 0 Å². The van der Waals surface area contributed by atoms with Crippen molar-refractivity contribution in [3.05, 3.63) is 0 Å². The highest BCUT2D eigenvalue weighted by molar-refractivity contribution is 6.09. The molecule has 0 spiro atoms. The van der Waals surface area contributed by atoms with Gasteiger partial charge in [0.05, 0.1) is 24.2 Å². The van der Waals surface area contributed by atoms with Gasteiger partial charge in [0, 0.05) is 0 Å². The molecule has 0 unspecified atom stereocenters. The Labute approximate surface area is 217 Å². The fraction of sp³-hybridized carbons (Fsp3) is 0.857. The molecule has 0 saturated heterocycles. The van der Waals surface area contributed by atoms with Gasteiger partial charge in [0.2, 0.25) is 0 Å². The Morgan fingerprint density at radius 3 is 1.47 bits per heavy atom. The van der Waals surface area contributed by atoms with Crippen LogP contribution < -0.4 is 0 Å². The quantitative estimate of drug-likeness (QED) is 0.535. The van der Waals surface area contributed by atoms with E-state index in [0.717, 1.165) is 36.4 Å². The first-order valence-corrected chi connectivity index (χ1v) is 13.5. The van der Waals surface area contributed by atoms with Crippen molar-refractivity contribution in [2.75, 3.05) is 26.4 Å². The van der Waals surface area contributed by atoms with Gasteiger partial charge < -0.3 is 18.9 Å². The van der Waals surface area contributed by atoms with Crippen molar-refractivity contribution in [1.29, 1.82) is 0 Å². The number of aliphatic imine (C=N–C) groups is 4. The zero-order valence-corrected chi connectivity index (χ0v) is 24.0. The molecule has 0 aromatic rings. The van der Waals surface area contributed by atoms with Gasteiger partial charge in [-0.3, -0.25) is 0 Å². The molecule has 8 heteroatoms. The molecule has 4 aliphatic heterocycles. The topological polar surface area (TPSA) is 86.4 Å². The summed E-state index contributed by atoms with van der Waals surface area (Å²) in [5, 5.41) is 0. The largest absolute Gasteiger partial charge is 0.478 e. The van der Waals surface area contributed by atoms with E-state index < -0.39 is 0 Å². The van der Waals surface area contributed by atoms with Gasteiger partial charge >= 0.3 is 0 Å². The molecule has 8 nitrogen and oxygen atoms in total. The standard InChI is InChI=1S/C14H22N2O2.C14H24N2O2/c1-9-7-17-11(15-9)14(5-6-14)12-16-10(8-18-12)13(2,3)4;1-9-7-17-11(15-9)14(5,6)12-16-10(8-18-12)13(2,3)4/h9-10H,5-8H2,1-4H3;9-10H,7-8H2,1-6H3/t2*9-,10+/m00/s1. The van der Waals surface area contributed by atoms with Gasteiger partial charge in [-0.05, 0) is 51.4 Å². The minimum absolute atomic E-state index is 0.106. The highest BCUT2D eigenvalue weighted by Crippen LogP contribution is 2.51. The van der Waals surface area contributed by atoms with Crippen LogP contribution in [0.25, 0.3) is 0 Å². The molecule has 36 heavy (non-hydrogen) atoms. The number of hydrogen-bond donors (Lipinski definition) is 0. The molecule has 0 bridgehead atoms. The Kier molecular flexibility index (Phi) is 6.97. The van der Waals surface area contributed by atoms with Crippen LogP contribution in [-0.2, 0) is 18.9 Å². The molecular weight excluding hydrogens is 456 g/mol. The summed E-state index contributed by atoms with van der Waals surface area (Å²) in [5.74, 6) is 3.25. The summed E-state index contributed by atoms with van der Waals surface area (Å²) < 4.78 is 23.0. The summed E-state index contributed by atoms with van der Waals surface area (Å²) in [6, 6.07) is 0.980. The third-order valence-corrected chi connectivity index (χ3v) is 7.54. The monoisotopic (exact) mass is 502 g/mol. The maximum absolute atomic E-state index is 5.86. The van der Waals surface area contributed by atoms with E-state index in [1.807, 2.05) is 0 Å². The van der Waals surface area contributed by atoms with Crippen LogP contribution in [-0.4, -0.2) is 74.2 Å². The Bertz CT molecular complexity index is 897. The Balaban J connectivity index is 0.000000169. The molecule has 0 aromatic carbocycles.